The zero-order valence-electron chi connectivity index (χ0n) is 9.47. The van der Waals surface area contributed by atoms with Gasteiger partial charge < -0.3 is 10.1 Å². The third-order valence-corrected chi connectivity index (χ3v) is 2.60. The Morgan fingerprint density at radius 3 is 2.21 bits per heavy atom. The molecular formula is C8H9F6N3OS. The molecule has 0 spiro atoms. The highest BCUT2D eigenvalue weighted by molar-refractivity contribution is 7.13. The lowest BCUT2D eigenvalue weighted by atomic mass is 10.3. The van der Waals surface area contributed by atoms with Crippen molar-refractivity contribution in [2.24, 2.45) is 0 Å². The van der Waals surface area contributed by atoms with Crippen LogP contribution in [-0.2, 0) is 6.54 Å². The van der Waals surface area contributed by atoms with Crippen molar-refractivity contribution in [2.45, 2.75) is 31.9 Å². The minimum atomic E-state index is -5.56. The van der Waals surface area contributed by atoms with Crippen LogP contribution in [0.25, 0.3) is 0 Å². The molecule has 1 aromatic rings. The second kappa shape index (κ2) is 5.90. The molecule has 0 saturated heterocycles. The van der Waals surface area contributed by atoms with Crippen LogP contribution in [0.3, 0.4) is 0 Å². The zero-order valence-corrected chi connectivity index (χ0v) is 10.3. The summed E-state index contributed by atoms with van der Waals surface area (Å²) in [5.41, 5.74) is 0. The highest BCUT2D eigenvalue weighted by atomic mass is 32.1. The summed E-state index contributed by atoms with van der Waals surface area (Å²) in [6.07, 6.45) is -15.0. The summed E-state index contributed by atoms with van der Waals surface area (Å²) in [5, 5.41) is 8.82. The molecule has 0 amide bonds. The number of nitrogens with one attached hydrogen (secondary N) is 1. The van der Waals surface area contributed by atoms with Crippen LogP contribution >= 0.6 is 11.3 Å². The van der Waals surface area contributed by atoms with E-state index in [0.29, 0.717) is 17.9 Å². The van der Waals surface area contributed by atoms with Crippen molar-refractivity contribution >= 4 is 11.3 Å². The van der Waals surface area contributed by atoms with E-state index in [1.807, 2.05) is 0 Å². The van der Waals surface area contributed by atoms with Gasteiger partial charge in [-0.3, -0.25) is 0 Å². The van der Waals surface area contributed by atoms with Gasteiger partial charge in [0.25, 0.3) is 11.3 Å². The van der Waals surface area contributed by atoms with Gasteiger partial charge in [-0.25, -0.2) is 0 Å². The maximum atomic E-state index is 12.2. The van der Waals surface area contributed by atoms with Crippen molar-refractivity contribution in [1.29, 1.82) is 0 Å². The smallest absolute Gasteiger partial charge is 0.434 e. The molecule has 1 rings (SSSR count). The molecular weight excluding hydrogens is 300 g/mol. The van der Waals surface area contributed by atoms with Crippen LogP contribution in [0, 0.1) is 0 Å². The van der Waals surface area contributed by atoms with E-state index in [9.17, 15) is 26.3 Å². The van der Waals surface area contributed by atoms with Gasteiger partial charge in [0.05, 0.1) is 0 Å². The predicted octanol–water partition coefficient (Wildman–Crippen LogP) is 2.52. The van der Waals surface area contributed by atoms with E-state index in [1.54, 1.807) is 6.92 Å². The van der Waals surface area contributed by atoms with Gasteiger partial charge in [-0.1, -0.05) is 23.4 Å². The van der Waals surface area contributed by atoms with Crippen molar-refractivity contribution in [3.05, 3.63) is 5.01 Å². The van der Waals surface area contributed by atoms with Crippen molar-refractivity contribution in [1.82, 2.24) is 15.5 Å². The van der Waals surface area contributed by atoms with Crippen LogP contribution in [0.5, 0.6) is 5.19 Å². The molecule has 110 valence electrons. The van der Waals surface area contributed by atoms with Crippen molar-refractivity contribution < 1.29 is 31.1 Å². The number of hydrogen-bond donors (Lipinski definition) is 1. The van der Waals surface area contributed by atoms with Crippen LogP contribution in [0.4, 0.5) is 26.3 Å². The molecule has 0 bridgehead atoms. The second-order valence-electron chi connectivity index (χ2n) is 3.32. The summed E-state index contributed by atoms with van der Waals surface area (Å²) in [4.78, 5) is 0. The predicted molar refractivity (Wildman–Crippen MR) is 53.8 cm³/mol. The van der Waals surface area contributed by atoms with E-state index < -0.39 is 23.7 Å². The largest absolute Gasteiger partial charge is 0.446 e. The van der Waals surface area contributed by atoms with Crippen LogP contribution in [0.15, 0.2) is 0 Å². The summed E-state index contributed by atoms with van der Waals surface area (Å²) in [5.74, 6) is 0. The molecule has 0 fully saturated rings. The molecule has 0 radical (unpaired) electrons. The Morgan fingerprint density at radius 2 is 1.74 bits per heavy atom. The fourth-order valence-electron chi connectivity index (χ4n) is 1.01. The molecule has 1 heterocycles. The minimum Gasteiger partial charge on any atom is -0.446 e. The third kappa shape index (κ3) is 4.82. The first kappa shape index (κ1) is 16.0. The van der Waals surface area contributed by atoms with E-state index in [4.69, 9.17) is 0 Å². The molecule has 0 aliphatic heterocycles. The van der Waals surface area contributed by atoms with Crippen molar-refractivity contribution in [3.63, 3.8) is 0 Å². The molecule has 1 N–H and O–H groups in total. The Labute approximate surface area is 107 Å². The van der Waals surface area contributed by atoms with Crippen molar-refractivity contribution in [3.8, 4) is 5.19 Å². The molecule has 4 nitrogen and oxygen atoms in total. The Morgan fingerprint density at radius 1 is 1.16 bits per heavy atom. The van der Waals surface area contributed by atoms with E-state index in [-0.39, 0.29) is 11.6 Å². The molecule has 0 saturated carbocycles. The lowest BCUT2D eigenvalue weighted by Gasteiger charge is -2.21. The van der Waals surface area contributed by atoms with Gasteiger partial charge in [0, 0.05) is 6.54 Å². The monoisotopic (exact) mass is 309 g/mol. The molecule has 0 atom stereocenters. The van der Waals surface area contributed by atoms with Gasteiger partial charge in [-0.2, -0.15) is 26.3 Å². The maximum Gasteiger partial charge on any atom is 0.434 e. The summed E-state index contributed by atoms with van der Waals surface area (Å²) >= 11 is 0.526. The highest BCUT2D eigenvalue weighted by Gasteiger charge is 2.59. The summed E-state index contributed by atoms with van der Waals surface area (Å²) in [7, 11) is 0. The molecule has 0 aromatic carbocycles. The van der Waals surface area contributed by atoms with Crippen LogP contribution in [0.1, 0.15) is 11.9 Å². The number of rotatable bonds is 5. The number of halogens is 6. The fraction of sp³-hybridized carbons (Fsp3) is 0.750. The summed E-state index contributed by atoms with van der Waals surface area (Å²) < 4.78 is 77.1. The van der Waals surface area contributed by atoms with E-state index in [0.717, 1.165) is 0 Å². The first-order valence-corrected chi connectivity index (χ1v) is 5.79. The van der Waals surface area contributed by atoms with Crippen molar-refractivity contribution in [2.75, 3.05) is 6.54 Å². The van der Waals surface area contributed by atoms with Crippen LogP contribution < -0.4 is 10.1 Å². The average Bonchev–Trinajstić information content (AvgIpc) is 2.67. The topological polar surface area (TPSA) is 47.0 Å². The molecule has 0 unspecified atom stereocenters. The van der Waals surface area contributed by atoms with Gasteiger partial charge in [-0.05, 0) is 6.54 Å². The van der Waals surface area contributed by atoms with Crippen LogP contribution in [0.2, 0.25) is 0 Å². The van der Waals surface area contributed by atoms with Gasteiger partial charge in [0.15, 0.2) is 0 Å². The quantitative estimate of drug-likeness (QED) is 0.849. The maximum absolute atomic E-state index is 12.2. The zero-order chi connectivity index (χ0) is 14.7. The molecule has 1 aromatic heterocycles. The molecule has 0 aliphatic rings. The standard InChI is InChI=1S/C8H9F6N3OS/c1-2-15-3-4-16-17-6(19-4)18-5(7(9,10)11)8(12,13)14/h5,15H,2-3H2,1H3. The van der Waals surface area contributed by atoms with Gasteiger partial charge in [-0.15, -0.1) is 5.10 Å². The molecule has 0 aliphatic carbocycles. The van der Waals surface area contributed by atoms with E-state index in [1.165, 1.54) is 0 Å². The van der Waals surface area contributed by atoms with E-state index >= 15 is 0 Å². The van der Waals surface area contributed by atoms with Gasteiger partial charge in [0.2, 0.25) is 0 Å². The SMILES string of the molecule is CCNCc1nnc(OC(C(F)(F)F)C(F)(F)F)s1. The minimum absolute atomic E-state index is 0.195. The number of alkyl halides is 6. The summed E-state index contributed by atoms with van der Waals surface area (Å²) in [6, 6.07) is 0. The highest BCUT2D eigenvalue weighted by Crippen LogP contribution is 2.37. The number of nitrogens with zero attached hydrogens (tertiary/aromatic N) is 2. The summed E-state index contributed by atoms with van der Waals surface area (Å²) in [6.45, 7) is 2.55. The Hall–Kier alpha value is -1.10. The Kier molecular flexibility index (Phi) is 4.96. The average molecular weight is 309 g/mol. The van der Waals surface area contributed by atoms with Crippen LogP contribution in [-0.4, -0.2) is 35.2 Å². The van der Waals surface area contributed by atoms with E-state index in [2.05, 4.69) is 20.3 Å². The second-order valence-corrected chi connectivity index (χ2v) is 4.35. The first-order chi connectivity index (χ1) is 8.64. The molecule has 11 heteroatoms. The third-order valence-electron chi connectivity index (χ3n) is 1.79. The van der Waals surface area contributed by atoms with Gasteiger partial charge in [0.1, 0.15) is 5.01 Å². The number of ether oxygens (including phenoxy) is 1. The Balaban J connectivity index is 2.77. The first-order valence-electron chi connectivity index (χ1n) is 4.97. The number of hydrogen-bond acceptors (Lipinski definition) is 5. The lowest BCUT2D eigenvalue weighted by molar-refractivity contribution is -0.299. The fourth-order valence-corrected chi connectivity index (χ4v) is 1.69. The number of aromatic nitrogens is 2. The normalized spacial score (nSPS) is 13.1. The van der Waals surface area contributed by atoms with Gasteiger partial charge >= 0.3 is 12.4 Å². The Bertz CT molecular complexity index is 390. The molecule has 19 heavy (non-hydrogen) atoms. The lowest BCUT2D eigenvalue weighted by Crippen LogP contribution is -2.46.